The highest BCUT2D eigenvalue weighted by atomic mass is 16.6. The number of fused-ring (bicyclic) bond motifs is 3. The van der Waals surface area contributed by atoms with Gasteiger partial charge in [0, 0.05) is 12.1 Å². The van der Waals surface area contributed by atoms with Gasteiger partial charge >= 0.3 is 0 Å². The van der Waals surface area contributed by atoms with Crippen LogP contribution in [0.1, 0.15) is 18.0 Å². The Hall–Kier alpha value is -3.75. The van der Waals surface area contributed by atoms with Crippen LogP contribution in [0.15, 0.2) is 42.5 Å². The summed E-state index contributed by atoms with van der Waals surface area (Å²) in [6.07, 6.45) is -0.0485. The number of imidazole rings is 1. The quantitative estimate of drug-likeness (QED) is 0.546. The highest BCUT2D eigenvalue weighted by molar-refractivity contribution is 6.03. The van der Waals surface area contributed by atoms with E-state index in [9.17, 15) is 19.7 Å². The summed E-state index contributed by atoms with van der Waals surface area (Å²) >= 11 is 0. The summed E-state index contributed by atoms with van der Waals surface area (Å²) in [7, 11) is 0. The molecule has 1 atom stereocenters. The lowest BCUT2D eigenvalue weighted by molar-refractivity contribution is -0.384. The summed E-state index contributed by atoms with van der Waals surface area (Å²) in [5.74, 6) is -0.435. The van der Waals surface area contributed by atoms with Crippen molar-refractivity contribution in [1.82, 2.24) is 9.55 Å². The first-order valence-electron chi connectivity index (χ1n) is 8.27. The second kappa shape index (κ2) is 6.20. The molecule has 9 nitrogen and oxygen atoms in total. The maximum Gasteiger partial charge on any atom is 0.271 e. The number of carbonyl (C=O) groups excluding carboxylic acids is 2. The van der Waals surface area contributed by atoms with Crippen molar-refractivity contribution in [1.29, 1.82) is 0 Å². The monoisotopic (exact) mass is 365 g/mol. The number of hydrogen-bond acceptors (Lipinski definition) is 5. The van der Waals surface area contributed by atoms with Crippen LogP contribution in [0.25, 0.3) is 11.0 Å². The molecule has 27 heavy (non-hydrogen) atoms. The fourth-order valence-electron chi connectivity index (χ4n) is 3.17. The van der Waals surface area contributed by atoms with E-state index >= 15 is 0 Å². The van der Waals surface area contributed by atoms with Crippen molar-refractivity contribution >= 4 is 40.2 Å². The third-order valence-electron chi connectivity index (χ3n) is 4.53. The molecule has 0 radical (unpaired) electrons. The minimum absolute atomic E-state index is 0.0485. The molecule has 9 heteroatoms. The van der Waals surface area contributed by atoms with Crippen LogP contribution >= 0.6 is 0 Å². The molecule has 1 aromatic heterocycles. The molecule has 0 aliphatic carbocycles. The van der Waals surface area contributed by atoms with Crippen molar-refractivity contribution in [3.63, 3.8) is 0 Å². The van der Waals surface area contributed by atoms with Crippen molar-refractivity contribution in [2.24, 2.45) is 0 Å². The average molecular weight is 365 g/mol. The number of hydrogen-bond donors (Lipinski definition) is 2. The molecule has 0 spiro atoms. The summed E-state index contributed by atoms with van der Waals surface area (Å²) in [6, 6.07) is 10.7. The van der Waals surface area contributed by atoms with Crippen LogP contribution in [-0.4, -0.2) is 26.3 Å². The van der Waals surface area contributed by atoms with E-state index < -0.39 is 16.9 Å². The van der Waals surface area contributed by atoms with E-state index in [1.165, 1.54) is 12.1 Å². The third-order valence-corrected chi connectivity index (χ3v) is 4.53. The molecule has 1 aliphatic heterocycles. The summed E-state index contributed by atoms with van der Waals surface area (Å²) in [5, 5.41) is 16.4. The second-order valence-corrected chi connectivity index (χ2v) is 6.31. The molecule has 2 heterocycles. The number of anilines is 2. The van der Waals surface area contributed by atoms with E-state index in [0.717, 1.165) is 5.52 Å². The van der Waals surface area contributed by atoms with Gasteiger partial charge in [-0.15, -0.1) is 0 Å². The first-order valence-corrected chi connectivity index (χ1v) is 8.27. The van der Waals surface area contributed by atoms with Gasteiger partial charge in [-0.2, -0.15) is 0 Å². The Morgan fingerprint density at radius 2 is 2.11 bits per heavy atom. The maximum atomic E-state index is 12.9. The first kappa shape index (κ1) is 16.7. The lowest BCUT2D eigenvalue weighted by Crippen LogP contribution is -2.35. The van der Waals surface area contributed by atoms with Gasteiger partial charge in [0.25, 0.3) is 5.69 Å². The fraction of sp³-hybridized carbons (Fsp3) is 0.167. The molecule has 136 valence electrons. The molecular formula is C18H15N5O4. The second-order valence-electron chi connectivity index (χ2n) is 6.31. The Kier molecular flexibility index (Phi) is 3.84. The predicted molar refractivity (Wildman–Crippen MR) is 98.5 cm³/mol. The van der Waals surface area contributed by atoms with Crippen molar-refractivity contribution < 1.29 is 14.5 Å². The summed E-state index contributed by atoms with van der Waals surface area (Å²) in [6.45, 7) is 1.74. The number of aryl methyl sites for hydroxylation is 1. The third kappa shape index (κ3) is 2.88. The molecule has 0 saturated heterocycles. The van der Waals surface area contributed by atoms with Gasteiger partial charge in [0.1, 0.15) is 6.04 Å². The topological polar surface area (TPSA) is 119 Å². The number of nitrogens with zero attached hydrogens (tertiary/aromatic N) is 3. The Bertz CT molecular complexity index is 1100. The number of nitro benzene ring substituents is 1. The normalized spacial score (nSPS) is 15.9. The molecular weight excluding hydrogens is 350 g/mol. The zero-order valence-electron chi connectivity index (χ0n) is 14.3. The number of nitrogens with one attached hydrogen (secondary N) is 2. The van der Waals surface area contributed by atoms with E-state index in [-0.39, 0.29) is 18.0 Å². The standard InChI is InChI=1S/C18H15N5O4/c1-10-6-7-11(23(26)27)8-13(10)19-17(25)15-9-16(24)21-18-20-12-4-2-3-5-14(12)22(15)18/h2-8,15H,9H2,1H3,(H,19,25)(H,20,21,24)/t15-/m1/s1. The zero-order valence-corrected chi connectivity index (χ0v) is 14.3. The fourth-order valence-corrected chi connectivity index (χ4v) is 3.17. The van der Waals surface area contributed by atoms with Crippen LogP contribution in [0.5, 0.6) is 0 Å². The smallest absolute Gasteiger partial charge is 0.271 e. The van der Waals surface area contributed by atoms with Gasteiger partial charge in [0.15, 0.2) is 0 Å². The number of non-ortho nitro benzene ring substituents is 1. The molecule has 2 aromatic carbocycles. The predicted octanol–water partition coefficient (Wildman–Crippen LogP) is 2.77. The van der Waals surface area contributed by atoms with Crippen LogP contribution in [0.4, 0.5) is 17.3 Å². The van der Waals surface area contributed by atoms with Crippen LogP contribution in [-0.2, 0) is 9.59 Å². The Morgan fingerprint density at radius 3 is 2.89 bits per heavy atom. The van der Waals surface area contributed by atoms with Crippen LogP contribution in [0.3, 0.4) is 0 Å². The van der Waals surface area contributed by atoms with E-state index in [2.05, 4.69) is 15.6 Å². The Balaban J connectivity index is 1.72. The minimum atomic E-state index is -0.806. The van der Waals surface area contributed by atoms with Crippen LogP contribution in [0, 0.1) is 17.0 Å². The van der Waals surface area contributed by atoms with Gasteiger partial charge in [-0.1, -0.05) is 18.2 Å². The number of para-hydroxylation sites is 2. The van der Waals surface area contributed by atoms with Crippen molar-refractivity contribution in [2.75, 3.05) is 10.6 Å². The van der Waals surface area contributed by atoms with E-state index in [1.807, 2.05) is 18.2 Å². The number of nitro groups is 1. The van der Waals surface area contributed by atoms with E-state index in [1.54, 1.807) is 23.6 Å². The van der Waals surface area contributed by atoms with Crippen molar-refractivity contribution in [2.45, 2.75) is 19.4 Å². The minimum Gasteiger partial charge on any atom is -0.324 e. The lowest BCUT2D eigenvalue weighted by Gasteiger charge is -2.25. The van der Waals surface area contributed by atoms with Gasteiger partial charge < -0.3 is 5.32 Å². The van der Waals surface area contributed by atoms with Crippen LogP contribution in [0.2, 0.25) is 0 Å². The van der Waals surface area contributed by atoms with Gasteiger partial charge in [-0.05, 0) is 24.6 Å². The molecule has 1 aliphatic rings. The Morgan fingerprint density at radius 1 is 1.33 bits per heavy atom. The highest BCUT2D eigenvalue weighted by Gasteiger charge is 2.33. The number of benzene rings is 2. The van der Waals surface area contributed by atoms with Crippen LogP contribution < -0.4 is 10.6 Å². The average Bonchev–Trinajstić information content (AvgIpc) is 3.00. The molecule has 0 unspecified atom stereocenters. The number of carbonyl (C=O) groups is 2. The molecule has 4 rings (SSSR count). The van der Waals surface area contributed by atoms with Gasteiger partial charge in [0.05, 0.1) is 28.1 Å². The number of amides is 2. The first-order chi connectivity index (χ1) is 12.9. The van der Waals surface area contributed by atoms with E-state index in [4.69, 9.17) is 0 Å². The molecule has 2 amide bonds. The molecule has 0 fully saturated rings. The molecule has 0 saturated carbocycles. The summed E-state index contributed by atoms with van der Waals surface area (Å²) in [4.78, 5) is 39.8. The van der Waals surface area contributed by atoms with E-state index in [0.29, 0.717) is 22.7 Å². The number of aromatic nitrogens is 2. The van der Waals surface area contributed by atoms with Crippen molar-refractivity contribution in [3.8, 4) is 0 Å². The van der Waals surface area contributed by atoms with Gasteiger partial charge in [0.2, 0.25) is 17.8 Å². The Labute approximate surface area is 153 Å². The van der Waals surface area contributed by atoms with Gasteiger partial charge in [-0.3, -0.25) is 29.6 Å². The maximum absolute atomic E-state index is 12.9. The highest BCUT2D eigenvalue weighted by Crippen LogP contribution is 2.31. The lowest BCUT2D eigenvalue weighted by atomic mass is 10.1. The van der Waals surface area contributed by atoms with Gasteiger partial charge in [-0.25, -0.2) is 4.98 Å². The summed E-state index contributed by atoms with van der Waals surface area (Å²) < 4.78 is 1.68. The molecule has 2 N–H and O–H groups in total. The molecule has 3 aromatic rings. The summed E-state index contributed by atoms with van der Waals surface area (Å²) in [5.41, 5.74) is 2.30. The largest absolute Gasteiger partial charge is 0.324 e. The number of rotatable bonds is 3. The zero-order chi connectivity index (χ0) is 19.1. The molecule has 0 bridgehead atoms. The van der Waals surface area contributed by atoms with Crippen molar-refractivity contribution in [3.05, 3.63) is 58.1 Å². The SMILES string of the molecule is Cc1ccc([N+](=O)[O-])cc1NC(=O)[C@H]1CC(=O)Nc2nc3ccccc3n21.